The van der Waals surface area contributed by atoms with E-state index in [0.29, 0.717) is 39.7 Å². The fourth-order valence-corrected chi connectivity index (χ4v) is 4.26. The maximum atomic E-state index is 13.1. The van der Waals surface area contributed by atoms with Crippen LogP contribution in [-0.2, 0) is 10.5 Å². The minimum Gasteiger partial charge on any atom is -0.496 e. The highest BCUT2D eigenvalue weighted by Gasteiger charge is 2.17. The molecule has 3 aromatic rings. The largest absolute Gasteiger partial charge is 0.496 e. The molecule has 0 fully saturated rings. The predicted molar refractivity (Wildman–Crippen MR) is 115 cm³/mol. The molecular weight excluding hydrogens is 388 g/mol. The molecule has 0 N–H and O–H groups in total. The van der Waals surface area contributed by atoms with Gasteiger partial charge in [0, 0.05) is 24.0 Å². The van der Waals surface area contributed by atoms with Crippen molar-refractivity contribution >= 4 is 28.4 Å². The number of nitrogens with zero attached hydrogens (tertiary/aromatic N) is 2. The van der Waals surface area contributed by atoms with E-state index >= 15 is 0 Å². The Bertz CT molecular complexity index is 1090. The zero-order valence-corrected chi connectivity index (χ0v) is 17.8. The average molecular weight is 413 g/mol. The number of hydrogen-bond donors (Lipinski definition) is 0. The van der Waals surface area contributed by atoms with Gasteiger partial charge in [-0.05, 0) is 44.2 Å². The number of benzene rings is 2. The third kappa shape index (κ3) is 4.52. The molecule has 0 bridgehead atoms. The second-order valence-corrected chi connectivity index (χ2v) is 7.71. The highest BCUT2D eigenvalue weighted by atomic mass is 32.2. The maximum Gasteiger partial charge on any atom is 0.262 e. The number of aromatic nitrogens is 2. The van der Waals surface area contributed by atoms with Crippen molar-refractivity contribution in [3.05, 3.63) is 63.9 Å². The summed E-state index contributed by atoms with van der Waals surface area (Å²) in [4.78, 5) is 29.6. The van der Waals surface area contributed by atoms with E-state index in [4.69, 9.17) is 14.5 Å². The van der Waals surface area contributed by atoms with Gasteiger partial charge in [-0.1, -0.05) is 23.9 Å². The second-order valence-electron chi connectivity index (χ2n) is 6.76. The molecule has 0 aliphatic carbocycles. The quantitative estimate of drug-likeness (QED) is 0.315. The SMILES string of the molecule is COC[C@H](C)n1c(SCc2cc(C(C)=O)ccc2OC)nc2ccccc2c1=O. The van der Waals surface area contributed by atoms with Gasteiger partial charge in [0.25, 0.3) is 5.56 Å². The van der Waals surface area contributed by atoms with Gasteiger partial charge in [0.2, 0.25) is 0 Å². The first-order chi connectivity index (χ1) is 14.0. The molecule has 152 valence electrons. The lowest BCUT2D eigenvalue weighted by Crippen LogP contribution is -2.28. The first-order valence-corrected chi connectivity index (χ1v) is 10.3. The van der Waals surface area contributed by atoms with E-state index in [1.165, 1.54) is 18.7 Å². The topological polar surface area (TPSA) is 70.4 Å². The Morgan fingerprint density at radius 2 is 1.97 bits per heavy atom. The lowest BCUT2D eigenvalue weighted by atomic mass is 10.1. The molecule has 0 spiro atoms. The Hall–Kier alpha value is -2.64. The number of carbonyl (C=O) groups is 1. The zero-order valence-electron chi connectivity index (χ0n) is 17.0. The average Bonchev–Trinajstić information content (AvgIpc) is 2.72. The standard InChI is InChI=1S/C22H24N2O4S/c1-14(12-27-3)24-21(26)18-7-5-6-8-19(18)23-22(24)29-13-17-11-16(15(2)25)9-10-20(17)28-4/h5-11,14H,12-13H2,1-4H3/t14-/m0/s1. The third-order valence-electron chi connectivity index (χ3n) is 4.67. The van der Waals surface area contributed by atoms with E-state index in [1.54, 1.807) is 37.0 Å². The van der Waals surface area contributed by atoms with E-state index < -0.39 is 0 Å². The van der Waals surface area contributed by atoms with Gasteiger partial charge in [-0.2, -0.15) is 0 Å². The summed E-state index contributed by atoms with van der Waals surface area (Å²) in [6.07, 6.45) is 0. The number of ketones is 1. The van der Waals surface area contributed by atoms with Crippen molar-refractivity contribution < 1.29 is 14.3 Å². The van der Waals surface area contributed by atoms with Gasteiger partial charge < -0.3 is 9.47 Å². The van der Waals surface area contributed by atoms with Crippen molar-refractivity contribution in [2.45, 2.75) is 30.8 Å². The van der Waals surface area contributed by atoms with E-state index in [0.717, 1.165) is 5.56 Å². The Morgan fingerprint density at radius 3 is 2.66 bits per heavy atom. The normalized spacial score (nSPS) is 12.1. The minimum atomic E-state index is -0.169. The smallest absolute Gasteiger partial charge is 0.262 e. The molecule has 0 aliphatic heterocycles. The van der Waals surface area contributed by atoms with Gasteiger partial charge >= 0.3 is 0 Å². The molecule has 6 nitrogen and oxygen atoms in total. The van der Waals surface area contributed by atoms with E-state index in [9.17, 15) is 9.59 Å². The molecule has 1 atom stereocenters. The monoisotopic (exact) mass is 412 g/mol. The van der Waals surface area contributed by atoms with Gasteiger partial charge in [-0.25, -0.2) is 4.98 Å². The molecule has 1 aromatic heterocycles. The summed E-state index contributed by atoms with van der Waals surface area (Å²) in [5.74, 6) is 1.20. The summed E-state index contributed by atoms with van der Waals surface area (Å²) in [5, 5.41) is 1.18. The second kappa shape index (κ2) is 9.24. The fraction of sp³-hybridized carbons (Fsp3) is 0.318. The Labute approximate surface area is 173 Å². The van der Waals surface area contributed by atoms with Gasteiger partial charge in [0.15, 0.2) is 10.9 Å². The van der Waals surface area contributed by atoms with Gasteiger partial charge in [-0.15, -0.1) is 0 Å². The molecule has 7 heteroatoms. The van der Waals surface area contributed by atoms with E-state index in [1.807, 2.05) is 31.2 Å². The van der Waals surface area contributed by atoms with Crippen molar-refractivity contribution in [3.8, 4) is 5.75 Å². The van der Waals surface area contributed by atoms with Gasteiger partial charge in [-0.3, -0.25) is 14.2 Å². The molecule has 29 heavy (non-hydrogen) atoms. The molecule has 3 rings (SSSR count). The van der Waals surface area contributed by atoms with Crippen LogP contribution in [0.25, 0.3) is 10.9 Å². The summed E-state index contributed by atoms with van der Waals surface area (Å²) >= 11 is 1.44. The molecule has 0 saturated carbocycles. The van der Waals surface area contributed by atoms with Crippen molar-refractivity contribution in [1.29, 1.82) is 0 Å². The molecule has 2 aromatic carbocycles. The highest BCUT2D eigenvalue weighted by molar-refractivity contribution is 7.98. The van der Waals surface area contributed by atoms with Crippen LogP contribution in [0.2, 0.25) is 0 Å². The van der Waals surface area contributed by atoms with Crippen LogP contribution in [0, 0.1) is 0 Å². The molecule has 0 radical (unpaired) electrons. The van der Waals surface area contributed by atoms with Crippen LogP contribution >= 0.6 is 11.8 Å². The predicted octanol–water partition coefficient (Wildman–Crippen LogP) is 4.11. The number of fused-ring (bicyclic) bond motifs is 1. The lowest BCUT2D eigenvalue weighted by molar-refractivity contribution is 0.101. The molecule has 0 unspecified atom stereocenters. The highest BCUT2D eigenvalue weighted by Crippen LogP contribution is 2.29. The van der Waals surface area contributed by atoms with Crippen LogP contribution in [0.5, 0.6) is 5.75 Å². The Kier molecular flexibility index (Phi) is 6.71. The number of rotatable bonds is 8. The Morgan fingerprint density at radius 1 is 1.21 bits per heavy atom. The number of Topliss-reactive ketones (excluding diaryl/α,β-unsaturated/α-hetero) is 1. The summed E-state index contributed by atoms with van der Waals surface area (Å²) < 4.78 is 12.4. The van der Waals surface area contributed by atoms with Gasteiger partial charge in [0.05, 0.1) is 30.7 Å². The first kappa shape index (κ1) is 21.1. The summed E-state index contributed by atoms with van der Waals surface area (Å²) in [6.45, 7) is 3.87. The third-order valence-corrected chi connectivity index (χ3v) is 5.67. The molecular formula is C22H24N2O4S. The molecule has 1 heterocycles. The maximum absolute atomic E-state index is 13.1. The number of ether oxygens (including phenoxy) is 2. The fourth-order valence-electron chi connectivity index (χ4n) is 3.18. The van der Waals surface area contributed by atoms with Crippen molar-refractivity contribution in [2.75, 3.05) is 20.8 Å². The van der Waals surface area contributed by atoms with Crippen LogP contribution in [-0.4, -0.2) is 36.2 Å². The molecule has 0 amide bonds. The number of methoxy groups -OCH3 is 2. The number of thioether (sulfide) groups is 1. The van der Waals surface area contributed by atoms with Crippen molar-refractivity contribution in [1.82, 2.24) is 9.55 Å². The zero-order chi connectivity index (χ0) is 21.0. The first-order valence-electron chi connectivity index (χ1n) is 9.27. The number of para-hydroxylation sites is 1. The number of hydrogen-bond acceptors (Lipinski definition) is 6. The van der Waals surface area contributed by atoms with Crippen LogP contribution in [0.15, 0.2) is 52.4 Å². The van der Waals surface area contributed by atoms with Crippen LogP contribution in [0.4, 0.5) is 0 Å². The van der Waals surface area contributed by atoms with E-state index in [2.05, 4.69) is 0 Å². The van der Waals surface area contributed by atoms with E-state index in [-0.39, 0.29) is 17.4 Å². The van der Waals surface area contributed by atoms with Crippen LogP contribution in [0.1, 0.15) is 35.8 Å². The van der Waals surface area contributed by atoms with Crippen molar-refractivity contribution in [3.63, 3.8) is 0 Å². The molecule has 0 aliphatic rings. The van der Waals surface area contributed by atoms with Crippen LogP contribution in [0.3, 0.4) is 0 Å². The number of carbonyl (C=O) groups excluding carboxylic acids is 1. The Balaban J connectivity index is 2.04. The molecule has 0 saturated heterocycles. The van der Waals surface area contributed by atoms with Gasteiger partial charge in [0.1, 0.15) is 5.75 Å². The van der Waals surface area contributed by atoms with Crippen LogP contribution < -0.4 is 10.3 Å². The summed E-state index contributed by atoms with van der Waals surface area (Å²) in [7, 11) is 3.21. The van der Waals surface area contributed by atoms with Crippen molar-refractivity contribution in [2.24, 2.45) is 0 Å². The minimum absolute atomic E-state index is 0.00615. The summed E-state index contributed by atoms with van der Waals surface area (Å²) in [6, 6.07) is 12.5. The summed E-state index contributed by atoms with van der Waals surface area (Å²) in [5.41, 5.74) is 2.06. The lowest BCUT2D eigenvalue weighted by Gasteiger charge is -2.19.